The molecule has 3 heterocycles. The van der Waals surface area contributed by atoms with Gasteiger partial charge in [0.2, 0.25) is 5.91 Å². The normalized spacial score (nSPS) is 10.5. The van der Waals surface area contributed by atoms with Crippen LogP contribution in [0.1, 0.15) is 23.0 Å². The van der Waals surface area contributed by atoms with E-state index in [1.165, 1.54) is 30.0 Å². The van der Waals surface area contributed by atoms with Crippen molar-refractivity contribution in [1.29, 1.82) is 0 Å². The maximum Gasteiger partial charge on any atom is 0.281 e. The van der Waals surface area contributed by atoms with Crippen molar-refractivity contribution in [3.8, 4) is 0 Å². The number of furan rings is 1. The predicted octanol–water partition coefficient (Wildman–Crippen LogP) is 1.18. The summed E-state index contributed by atoms with van der Waals surface area (Å²) in [5, 5.41) is 5.10. The molecule has 2 amide bonds. The summed E-state index contributed by atoms with van der Waals surface area (Å²) in [4.78, 5) is 39.7. The third kappa shape index (κ3) is 3.17. The van der Waals surface area contributed by atoms with E-state index in [1.54, 1.807) is 24.3 Å². The van der Waals surface area contributed by atoms with E-state index >= 15 is 0 Å². The number of carbonyl (C=O) groups excluding carboxylic acids is 2. The first-order chi connectivity index (χ1) is 11.5. The van der Waals surface area contributed by atoms with E-state index in [4.69, 9.17) is 4.42 Å². The summed E-state index contributed by atoms with van der Waals surface area (Å²) >= 11 is 0. The molecule has 0 fully saturated rings. The van der Waals surface area contributed by atoms with Gasteiger partial charge in [-0.05, 0) is 24.3 Å². The van der Waals surface area contributed by atoms with Gasteiger partial charge in [-0.3, -0.25) is 18.8 Å². The van der Waals surface area contributed by atoms with Crippen molar-refractivity contribution in [1.82, 2.24) is 14.7 Å². The number of fused-ring (bicyclic) bond motifs is 1. The second-order valence-electron chi connectivity index (χ2n) is 5.07. The Balaban J connectivity index is 1.89. The molecule has 3 aromatic rings. The van der Waals surface area contributed by atoms with Gasteiger partial charge in [-0.1, -0.05) is 0 Å². The standard InChI is InChI=1S/C16H14N4O4/c1-10(21)19-13-8-17-14-5-4-11(9-20(14)16(13)23)15(22)18-7-12-3-2-6-24-12/h2-6,8-9H,7H2,1H3,(H,18,22)(H,19,21). The minimum atomic E-state index is -0.462. The smallest absolute Gasteiger partial charge is 0.281 e. The van der Waals surface area contributed by atoms with Crippen molar-refractivity contribution < 1.29 is 14.0 Å². The lowest BCUT2D eigenvalue weighted by atomic mass is 10.2. The number of pyridine rings is 1. The molecule has 0 aliphatic carbocycles. The molecule has 0 unspecified atom stereocenters. The first-order valence-corrected chi connectivity index (χ1v) is 7.14. The number of nitrogens with one attached hydrogen (secondary N) is 2. The van der Waals surface area contributed by atoms with Crippen molar-refractivity contribution in [2.75, 3.05) is 5.32 Å². The average molecular weight is 326 g/mol. The summed E-state index contributed by atoms with van der Waals surface area (Å²) in [6, 6.07) is 6.60. The average Bonchev–Trinajstić information content (AvgIpc) is 3.08. The maximum absolute atomic E-state index is 12.3. The van der Waals surface area contributed by atoms with Gasteiger partial charge in [0.05, 0.1) is 24.6 Å². The second kappa shape index (κ2) is 6.37. The molecule has 8 nitrogen and oxygen atoms in total. The van der Waals surface area contributed by atoms with Gasteiger partial charge in [-0.15, -0.1) is 0 Å². The molecule has 3 rings (SSSR count). The highest BCUT2D eigenvalue weighted by molar-refractivity contribution is 5.94. The highest BCUT2D eigenvalue weighted by Crippen LogP contribution is 2.06. The molecular weight excluding hydrogens is 312 g/mol. The molecule has 0 aliphatic rings. The molecule has 0 saturated heterocycles. The number of rotatable bonds is 4. The first-order valence-electron chi connectivity index (χ1n) is 7.14. The monoisotopic (exact) mass is 326 g/mol. The lowest BCUT2D eigenvalue weighted by Crippen LogP contribution is -2.25. The van der Waals surface area contributed by atoms with Gasteiger partial charge in [0, 0.05) is 13.1 Å². The summed E-state index contributed by atoms with van der Waals surface area (Å²) < 4.78 is 6.36. The Labute approximate surface area is 136 Å². The maximum atomic E-state index is 12.3. The van der Waals surface area contributed by atoms with Gasteiger partial charge < -0.3 is 15.1 Å². The van der Waals surface area contributed by atoms with Crippen LogP contribution in [0.2, 0.25) is 0 Å². The fourth-order valence-electron chi connectivity index (χ4n) is 2.17. The van der Waals surface area contributed by atoms with E-state index in [0.29, 0.717) is 11.4 Å². The molecule has 3 aromatic heterocycles. The van der Waals surface area contributed by atoms with Crippen LogP contribution in [-0.4, -0.2) is 21.2 Å². The van der Waals surface area contributed by atoms with Gasteiger partial charge in [-0.25, -0.2) is 4.98 Å². The largest absolute Gasteiger partial charge is 0.467 e. The summed E-state index contributed by atoms with van der Waals surface area (Å²) in [6.45, 7) is 1.54. The lowest BCUT2D eigenvalue weighted by molar-refractivity contribution is -0.114. The molecule has 0 spiro atoms. The topological polar surface area (TPSA) is 106 Å². The number of carbonyl (C=O) groups is 2. The van der Waals surface area contributed by atoms with E-state index in [2.05, 4.69) is 15.6 Å². The van der Waals surface area contributed by atoms with Crippen molar-refractivity contribution in [2.45, 2.75) is 13.5 Å². The molecule has 2 N–H and O–H groups in total. The molecule has 122 valence electrons. The van der Waals surface area contributed by atoms with Crippen LogP contribution in [0.4, 0.5) is 5.69 Å². The van der Waals surface area contributed by atoms with Crippen molar-refractivity contribution in [3.63, 3.8) is 0 Å². The van der Waals surface area contributed by atoms with Crippen molar-refractivity contribution in [2.24, 2.45) is 0 Å². The van der Waals surface area contributed by atoms with Crippen molar-refractivity contribution >= 4 is 23.1 Å². The summed E-state index contributed by atoms with van der Waals surface area (Å²) in [6.07, 6.45) is 4.19. The van der Waals surface area contributed by atoms with Crippen LogP contribution in [0.25, 0.3) is 5.65 Å². The van der Waals surface area contributed by atoms with Crippen LogP contribution < -0.4 is 16.2 Å². The fraction of sp³-hybridized carbons (Fsp3) is 0.125. The molecular formula is C16H14N4O4. The highest BCUT2D eigenvalue weighted by Gasteiger charge is 2.11. The third-order valence-electron chi connectivity index (χ3n) is 3.28. The van der Waals surface area contributed by atoms with E-state index in [-0.39, 0.29) is 29.6 Å². The van der Waals surface area contributed by atoms with Crippen LogP contribution in [-0.2, 0) is 11.3 Å². The summed E-state index contributed by atoms with van der Waals surface area (Å²) in [7, 11) is 0. The predicted molar refractivity (Wildman–Crippen MR) is 85.6 cm³/mol. The zero-order chi connectivity index (χ0) is 17.1. The summed E-state index contributed by atoms with van der Waals surface area (Å²) in [5.74, 6) is -0.109. The van der Waals surface area contributed by atoms with Crippen LogP contribution >= 0.6 is 0 Å². The Kier molecular flexibility index (Phi) is 4.11. The van der Waals surface area contributed by atoms with E-state index in [0.717, 1.165) is 0 Å². The zero-order valence-corrected chi connectivity index (χ0v) is 12.8. The van der Waals surface area contributed by atoms with Gasteiger partial charge in [-0.2, -0.15) is 0 Å². The Morgan fingerprint density at radius 3 is 2.83 bits per heavy atom. The molecule has 24 heavy (non-hydrogen) atoms. The Morgan fingerprint density at radius 2 is 2.12 bits per heavy atom. The summed E-state index contributed by atoms with van der Waals surface area (Å²) in [5.41, 5.74) is 0.249. The molecule has 0 bridgehead atoms. The highest BCUT2D eigenvalue weighted by atomic mass is 16.3. The molecule has 0 atom stereocenters. The Hall–Kier alpha value is -3.42. The molecule has 0 aliphatic heterocycles. The molecule has 0 radical (unpaired) electrons. The number of aromatic nitrogens is 2. The van der Waals surface area contributed by atoms with Gasteiger partial charge >= 0.3 is 0 Å². The quantitative estimate of drug-likeness (QED) is 0.749. The van der Waals surface area contributed by atoms with E-state index < -0.39 is 5.56 Å². The number of amides is 2. The van der Waals surface area contributed by atoms with Crippen LogP contribution in [0.15, 0.2) is 52.1 Å². The third-order valence-corrected chi connectivity index (χ3v) is 3.28. The SMILES string of the molecule is CC(=O)Nc1cnc2ccc(C(=O)NCc3ccco3)cn2c1=O. The first kappa shape index (κ1) is 15.5. The second-order valence-corrected chi connectivity index (χ2v) is 5.07. The van der Waals surface area contributed by atoms with Crippen LogP contribution in [0, 0.1) is 0 Å². The van der Waals surface area contributed by atoms with Crippen molar-refractivity contribution in [3.05, 3.63) is 64.6 Å². The molecule has 0 aromatic carbocycles. The fourth-order valence-corrected chi connectivity index (χ4v) is 2.17. The Bertz CT molecular complexity index is 960. The number of hydrogen-bond acceptors (Lipinski definition) is 5. The van der Waals surface area contributed by atoms with Gasteiger partial charge in [0.15, 0.2) is 0 Å². The van der Waals surface area contributed by atoms with Crippen LogP contribution in [0.3, 0.4) is 0 Å². The Morgan fingerprint density at radius 1 is 1.29 bits per heavy atom. The minimum absolute atomic E-state index is 0.0492. The minimum Gasteiger partial charge on any atom is -0.467 e. The van der Waals surface area contributed by atoms with E-state index in [9.17, 15) is 14.4 Å². The number of hydrogen-bond donors (Lipinski definition) is 2. The number of nitrogens with zero attached hydrogens (tertiary/aromatic N) is 2. The number of anilines is 1. The lowest BCUT2D eigenvalue weighted by Gasteiger charge is -2.07. The van der Waals surface area contributed by atoms with Gasteiger partial charge in [0.1, 0.15) is 17.1 Å². The van der Waals surface area contributed by atoms with Gasteiger partial charge in [0.25, 0.3) is 11.5 Å². The molecule has 8 heteroatoms. The zero-order valence-electron chi connectivity index (χ0n) is 12.8. The molecule has 0 saturated carbocycles. The van der Waals surface area contributed by atoms with E-state index in [1.807, 2.05) is 0 Å². The van der Waals surface area contributed by atoms with Crippen LogP contribution in [0.5, 0.6) is 0 Å².